The minimum Gasteiger partial charge on any atom is -0.478 e. The Labute approximate surface area is 229 Å². The van der Waals surface area contributed by atoms with Gasteiger partial charge in [-0.15, -0.1) is 0 Å². The number of nitrogens with zero attached hydrogens (tertiary/aromatic N) is 2. The first kappa shape index (κ1) is 24.8. The van der Waals surface area contributed by atoms with E-state index < -0.39 is 11.9 Å². The highest BCUT2D eigenvalue weighted by Gasteiger charge is 2.22. The summed E-state index contributed by atoms with van der Waals surface area (Å²) in [5.41, 5.74) is 4.00. The molecule has 0 bridgehead atoms. The van der Waals surface area contributed by atoms with Crippen LogP contribution in [0, 0.1) is 0 Å². The first-order valence-corrected chi connectivity index (χ1v) is 12.7. The number of carbonyl (C=O) groups is 3. The molecule has 6 aromatic rings. The summed E-state index contributed by atoms with van der Waals surface area (Å²) in [6, 6.07) is 32.9. The number of imidazole rings is 1. The van der Waals surface area contributed by atoms with Crippen LogP contribution in [0.25, 0.3) is 27.4 Å². The lowest BCUT2D eigenvalue weighted by molar-refractivity contribution is 0.0696. The maximum Gasteiger partial charge on any atom is 0.335 e. The number of benzene rings is 4. The quantitative estimate of drug-likeness (QED) is 0.249. The zero-order valence-corrected chi connectivity index (χ0v) is 21.2. The van der Waals surface area contributed by atoms with Gasteiger partial charge in [-0.25, -0.2) is 9.78 Å². The smallest absolute Gasteiger partial charge is 0.335 e. The topological polar surface area (TPSA) is 101 Å². The summed E-state index contributed by atoms with van der Waals surface area (Å²) >= 11 is 0. The SMILES string of the molecule is O=C(O)c1ccc(CNC(=O)c2cc(-c3ccccc3)cc3cnc(C(=O)c4ccc5ccccc5c4)n23)cc1. The number of carboxylic acid groups (broad SMARTS) is 1. The van der Waals surface area contributed by atoms with Crippen molar-refractivity contribution < 1.29 is 19.5 Å². The maximum absolute atomic E-state index is 13.7. The molecule has 1 amide bonds. The molecule has 7 heteroatoms. The number of aromatic carboxylic acids is 1. The number of pyridine rings is 1. The molecule has 0 aliphatic heterocycles. The van der Waals surface area contributed by atoms with Crippen LogP contribution in [0.5, 0.6) is 0 Å². The van der Waals surface area contributed by atoms with E-state index in [0.717, 1.165) is 27.5 Å². The number of amides is 1. The number of carboxylic acids is 1. The largest absolute Gasteiger partial charge is 0.478 e. The van der Waals surface area contributed by atoms with Crippen LogP contribution in [0.2, 0.25) is 0 Å². The first-order valence-electron chi connectivity index (χ1n) is 12.7. The molecule has 0 spiro atoms. The van der Waals surface area contributed by atoms with Crippen LogP contribution in [-0.2, 0) is 6.54 Å². The van der Waals surface area contributed by atoms with Gasteiger partial charge in [0.05, 0.1) is 17.3 Å². The highest BCUT2D eigenvalue weighted by atomic mass is 16.4. The number of nitrogens with one attached hydrogen (secondary N) is 1. The fraction of sp³-hybridized carbons (Fsp3) is 0.0303. The molecule has 7 nitrogen and oxygen atoms in total. The van der Waals surface area contributed by atoms with Gasteiger partial charge in [-0.3, -0.25) is 14.0 Å². The molecule has 6 rings (SSSR count). The van der Waals surface area contributed by atoms with Gasteiger partial charge in [0, 0.05) is 12.1 Å². The van der Waals surface area contributed by atoms with Crippen molar-refractivity contribution in [2.75, 3.05) is 0 Å². The fourth-order valence-corrected chi connectivity index (χ4v) is 4.76. The van der Waals surface area contributed by atoms with E-state index in [2.05, 4.69) is 10.3 Å². The van der Waals surface area contributed by atoms with Crippen LogP contribution in [0.15, 0.2) is 115 Å². The average Bonchev–Trinajstić information content (AvgIpc) is 3.43. The lowest BCUT2D eigenvalue weighted by atomic mass is 10.0. The number of fused-ring (bicyclic) bond motifs is 2. The monoisotopic (exact) mass is 525 g/mol. The minimum absolute atomic E-state index is 0.140. The Kier molecular flexibility index (Phi) is 6.38. The first-order chi connectivity index (χ1) is 19.5. The van der Waals surface area contributed by atoms with E-state index in [4.69, 9.17) is 5.11 Å². The second-order valence-electron chi connectivity index (χ2n) is 9.41. The van der Waals surface area contributed by atoms with Crippen LogP contribution >= 0.6 is 0 Å². The zero-order chi connectivity index (χ0) is 27.6. The highest BCUT2D eigenvalue weighted by molar-refractivity contribution is 6.10. The van der Waals surface area contributed by atoms with Gasteiger partial charge in [-0.1, -0.05) is 78.9 Å². The predicted octanol–water partition coefficient (Wildman–Crippen LogP) is 6.01. The Balaban J connectivity index is 1.40. The van der Waals surface area contributed by atoms with Crippen molar-refractivity contribution in [3.05, 3.63) is 144 Å². The Bertz CT molecular complexity index is 1910. The van der Waals surface area contributed by atoms with Crippen molar-refractivity contribution >= 4 is 33.9 Å². The molecule has 0 unspecified atom stereocenters. The third kappa shape index (κ3) is 4.72. The molecule has 40 heavy (non-hydrogen) atoms. The summed E-state index contributed by atoms with van der Waals surface area (Å²) in [4.78, 5) is 42.9. The highest BCUT2D eigenvalue weighted by Crippen LogP contribution is 2.26. The second-order valence-corrected chi connectivity index (χ2v) is 9.41. The maximum atomic E-state index is 13.7. The number of rotatable bonds is 7. The van der Waals surface area contributed by atoms with Crippen molar-refractivity contribution in [2.45, 2.75) is 6.54 Å². The van der Waals surface area contributed by atoms with Gasteiger partial charge in [0.25, 0.3) is 5.91 Å². The molecule has 4 aromatic carbocycles. The molecule has 0 saturated heterocycles. The van der Waals surface area contributed by atoms with E-state index in [0.29, 0.717) is 11.1 Å². The molecular formula is C33H23N3O4. The second kappa shape index (κ2) is 10.3. The standard InChI is InChI=1S/C33H23N3O4/c37-30(26-15-14-23-8-4-5-9-25(23)16-26)31-34-20-28-17-27(22-6-2-1-3-7-22)18-29(36(28)31)32(38)35-19-21-10-12-24(13-11-21)33(39)40/h1-18,20H,19H2,(H,35,38)(H,39,40). The number of hydrogen-bond donors (Lipinski definition) is 2. The van der Waals surface area contributed by atoms with Gasteiger partial charge in [0.1, 0.15) is 5.69 Å². The van der Waals surface area contributed by atoms with Gasteiger partial charge in [0.15, 0.2) is 5.82 Å². The molecule has 0 saturated carbocycles. The lowest BCUT2D eigenvalue weighted by Crippen LogP contribution is -2.26. The van der Waals surface area contributed by atoms with E-state index in [9.17, 15) is 14.4 Å². The fourth-order valence-electron chi connectivity index (χ4n) is 4.76. The average molecular weight is 526 g/mol. The summed E-state index contributed by atoms with van der Waals surface area (Å²) in [7, 11) is 0. The van der Waals surface area contributed by atoms with Crippen LogP contribution in [0.3, 0.4) is 0 Å². The van der Waals surface area contributed by atoms with E-state index in [-0.39, 0.29) is 29.4 Å². The van der Waals surface area contributed by atoms with E-state index >= 15 is 0 Å². The molecule has 2 N–H and O–H groups in total. The normalized spacial score (nSPS) is 11.0. The number of aromatic nitrogens is 2. The summed E-state index contributed by atoms with van der Waals surface area (Å²) in [6.45, 7) is 0.179. The number of carbonyl (C=O) groups excluding carboxylic acids is 2. The Morgan fingerprint density at radius 2 is 1.43 bits per heavy atom. The minimum atomic E-state index is -1.01. The van der Waals surface area contributed by atoms with Crippen LogP contribution < -0.4 is 5.32 Å². The molecule has 2 heterocycles. The Morgan fingerprint density at radius 1 is 0.725 bits per heavy atom. The van der Waals surface area contributed by atoms with Crippen molar-refractivity contribution in [3.8, 4) is 11.1 Å². The van der Waals surface area contributed by atoms with E-state index in [1.165, 1.54) is 12.1 Å². The number of ketones is 1. The third-order valence-corrected chi connectivity index (χ3v) is 6.83. The van der Waals surface area contributed by atoms with Crippen LogP contribution in [0.1, 0.15) is 42.6 Å². The lowest BCUT2D eigenvalue weighted by Gasteiger charge is -2.13. The van der Waals surface area contributed by atoms with Crippen molar-refractivity contribution in [3.63, 3.8) is 0 Å². The Hall–Kier alpha value is -5.56. The van der Waals surface area contributed by atoms with Crippen molar-refractivity contribution in [2.24, 2.45) is 0 Å². The van der Waals surface area contributed by atoms with Crippen LogP contribution in [0.4, 0.5) is 0 Å². The van der Waals surface area contributed by atoms with Gasteiger partial charge >= 0.3 is 5.97 Å². The van der Waals surface area contributed by atoms with E-state index in [1.54, 1.807) is 34.9 Å². The molecule has 0 aliphatic carbocycles. The molecule has 0 radical (unpaired) electrons. The van der Waals surface area contributed by atoms with E-state index in [1.807, 2.05) is 72.8 Å². The van der Waals surface area contributed by atoms with Crippen molar-refractivity contribution in [1.29, 1.82) is 0 Å². The van der Waals surface area contributed by atoms with Gasteiger partial charge in [0.2, 0.25) is 5.78 Å². The van der Waals surface area contributed by atoms with Gasteiger partial charge in [-0.05, 0) is 57.8 Å². The summed E-state index contributed by atoms with van der Waals surface area (Å²) in [5, 5.41) is 14.0. The molecular weight excluding hydrogens is 502 g/mol. The summed E-state index contributed by atoms with van der Waals surface area (Å²) in [5.74, 6) is -1.56. The molecule has 0 aliphatic rings. The van der Waals surface area contributed by atoms with Crippen LogP contribution in [-0.4, -0.2) is 32.2 Å². The third-order valence-electron chi connectivity index (χ3n) is 6.83. The van der Waals surface area contributed by atoms with Gasteiger partial charge < -0.3 is 10.4 Å². The van der Waals surface area contributed by atoms with Gasteiger partial charge in [-0.2, -0.15) is 0 Å². The predicted molar refractivity (Wildman–Crippen MR) is 153 cm³/mol. The summed E-state index contributed by atoms with van der Waals surface area (Å²) in [6.07, 6.45) is 1.60. The zero-order valence-electron chi connectivity index (χ0n) is 21.2. The molecule has 0 atom stereocenters. The Morgan fingerprint density at radius 3 is 2.17 bits per heavy atom. The van der Waals surface area contributed by atoms with Crippen molar-refractivity contribution in [1.82, 2.24) is 14.7 Å². The molecule has 2 aromatic heterocycles. The summed E-state index contributed by atoms with van der Waals surface area (Å²) < 4.78 is 1.59. The number of hydrogen-bond acceptors (Lipinski definition) is 4. The molecule has 0 fully saturated rings. The molecule has 194 valence electrons.